The maximum Gasteiger partial charge on any atom is 0.251 e. The monoisotopic (exact) mass is 392 g/mol. The van der Waals surface area contributed by atoms with Gasteiger partial charge in [-0.3, -0.25) is 14.5 Å². The molecule has 1 fully saturated rings. The fraction of sp³-hybridized carbons (Fsp3) is 0.227. The molecule has 1 aromatic heterocycles. The van der Waals surface area contributed by atoms with Crippen LogP contribution in [0, 0.1) is 5.82 Å². The van der Waals surface area contributed by atoms with Crippen LogP contribution in [0.25, 0.3) is 22.6 Å². The number of H-pyrrole nitrogens is 1. The Labute approximate surface area is 167 Å². The molecule has 4 rings (SSSR count). The Morgan fingerprint density at radius 3 is 2.69 bits per heavy atom. The minimum Gasteiger partial charge on any atom is -0.353 e. The molecule has 1 atom stereocenters. The van der Waals surface area contributed by atoms with Gasteiger partial charge in [0.15, 0.2) is 0 Å². The van der Waals surface area contributed by atoms with E-state index in [4.69, 9.17) is 0 Å². The van der Waals surface area contributed by atoms with Crippen LogP contribution in [0.2, 0.25) is 0 Å². The van der Waals surface area contributed by atoms with Crippen LogP contribution in [0.4, 0.5) is 4.39 Å². The number of aromatic nitrogens is 2. The number of rotatable bonds is 4. The van der Waals surface area contributed by atoms with Gasteiger partial charge in [0.2, 0.25) is 5.91 Å². The standard InChI is InChI=1S/C22H21FN4O2/c1-14-22(29)24-9-10-27(14)13-15-3-2-4-17(11-15)21-25-19(12-20(28)26-21)16-5-7-18(23)8-6-16/h2-8,11-12,14H,9-10,13H2,1H3,(H,24,29)(H,25,26,28). The summed E-state index contributed by atoms with van der Waals surface area (Å²) in [6.45, 7) is 3.94. The molecule has 0 radical (unpaired) electrons. The lowest BCUT2D eigenvalue weighted by Crippen LogP contribution is -2.53. The first-order chi connectivity index (χ1) is 14.0. The molecular formula is C22H21FN4O2. The second-order valence-corrected chi connectivity index (χ2v) is 7.12. The van der Waals surface area contributed by atoms with E-state index in [-0.39, 0.29) is 23.3 Å². The van der Waals surface area contributed by atoms with Gasteiger partial charge in [-0.15, -0.1) is 0 Å². The average Bonchev–Trinajstić information content (AvgIpc) is 2.72. The maximum atomic E-state index is 13.2. The van der Waals surface area contributed by atoms with Crippen molar-refractivity contribution in [3.63, 3.8) is 0 Å². The lowest BCUT2D eigenvalue weighted by atomic mass is 10.1. The molecule has 1 unspecified atom stereocenters. The van der Waals surface area contributed by atoms with Crippen molar-refractivity contribution in [2.45, 2.75) is 19.5 Å². The van der Waals surface area contributed by atoms with Crippen LogP contribution < -0.4 is 10.9 Å². The van der Waals surface area contributed by atoms with Gasteiger partial charge in [0, 0.05) is 36.8 Å². The predicted molar refractivity (Wildman–Crippen MR) is 109 cm³/mol. The molecule has 0 bridgehead atoms. The second kappa shape index (κ2) is 7.97. The Hall–Kier alpha value is -3.32. The molecule has 2 aromatic carbocycles. The van der Waals surface area contributed by atoms with Gasteiger partial charge >= 0.3 is 0 Å². The third-order valence-electron chi connectivity index (χ3n) is 5.09. The number of benzene rings is 2. The third-order valence-corrected chi connectivity index (χ3v) is 5.09. The van der Waals surface area contributed by atoms with E-state index in [0.29, 0.717) is 30.2 Å². The molecule has 1 saturated heterocycles. The lowest BCUT2D eigenvalue weighted by Gasteiger charge is -2.32. The molecule has 148 valence electrons. The first-order valence-corrected chi connectivity index (χ1v) is 9.48. The van der Waals surface area contributed by atoms with Crippen molar-refractivity contribution in [3.8, 4) is 22.6 Å². The van der Waals surface area contributed by atoms with Gasteiger partial charge in [-0.2, -0.15) is 0 Å². The van der Waals surface area contributed by atoms with E-state index < -0.39 is 0 Å². The van der Waals surface area contributed by atoms with Crippen LogP contribution in [0.3, 0.4) is 0 Å². The van der Waals surface area contributed by atoms with Crippen molar-refractivity contribution in [3.05, 3.63) is 76.3 Å². The van der Waals surface area contributed by atoms with Crippen LogP contribution in [0.15, 0.2) is 59.4 Å². The minimum absolute atomic E-state index is 0.0328. The molecule has 2 heterocycles. The van der Waals surface area contributed by atoms with E-state index in [2.05, 4.69) is 20.2 Å². The Morgan fingerprint density at radius 2 is 1.90 bits per heavy atom. The molecule has 6 nitrogen and oxygen atoms in total. The number of carbonyl (C=O) groups is 1. The highest BCUT2D eigenvalue weighted by Gasteiger charge is 2.25. The quantitative estimate of drug-likeness (QED) is 0.715. The Kier molecular flexibility index (Phi) is 5.22. The molecule has 3 aromatic rings. The van der Waals surface area contributed by atoms with Gasteiger partial charge in [0.05, 0.1) is 11.7 Å². The zero-order valence-electron chi connectivity index (χ0n) is 16.0. The summed E-state index contributed by atoms with van der Waals surface area (Å²) < 4.78 is 13.2. The topological polar surface area (TPSA) is 78.1 Å². The minimum atomic E-state index is -0.341. The zero-order chi connectivity index (χ0) is 20.4. The molecule has 1 aliphatic heterocycles. The number of aromatic amines is 1. The van der Waals surface area contributed by atoms with E-state index >= 15 is 0 Å². The van der Waals surface area contributed by atoms with Crippen LogP contribution >= 0.6 is 0 Å². The smallest absolute Gasteiger partial charge is 0.251 e. The first-order valence-electron chi connectivity index (χ1n) is 9.48. The third kappa shape index (κ3) is 4.25. The molecular weight excluding hydrogens is 371 g/mol. The Balaban J connectivity index is 1.63. The highest BCUT2D eigenvalue weighted by Crippen LogP contribution is 2.22. The van der Waals surface area contributed by atoms with Gasteiger partial charge in [-0.1, -0.05) is 18.2 Å². The summed E-state index contributed by atoms with van der Waals surface area (Å²) in [6, 6.07) is 14.8. The summed E-state index contributed by atoms with van der Waals surface area (Å²) in [4.78, 5) is 33.5. The Morgan fingerprint density at radius 1 is 1.10 bits per heavy atom. The van der Waals surface area contributed by atoms with Gasteiger partial charge < -0.3 is 10.3 Å². The first kappa shape index (κ1) is 19.0. The van der Waals surface area contributed by atoms with Crippen LogP contribution in [-0.4, -0.2) is 39.9 Å². The zero-order valence-corrected chi connectivity index (χ0v) is 16.0. The van der Waals surface area contributed by atoms with E-state index in [9.17, 15) is 14.0 Å². The molecule has 7 heteroatoms. The molecule has 0 saturated carbocycles. The highest BCUT2D eigenvalue weighted by molar-refractivity contribution is 5.82. The van der Waals surface area contributed by atoms with Crippen molar-refractivity contribution < 1.29 is 9.18 Å². The number of nitrogens with zero attached hydrogens (tertiary/aromatic N) is 2. The van der Waals surface area contributed by atoms with E-state index in [1.54, 1.807) is 12.1 Å². The van der Waals surface area contributed by atoms with Crippen LogP contribution in [0.5, 0.6) is 0 Å². The summed E-state index contributed by atoms with van der Waals surface area (Å²) >= 11 is 0. The van der Waals surface area contributed by atoms with Crippen molar-refractivity contribution in [2.75, 3.05) is 13.1 Å². The van der Waals surface area contributed by atoms with E-state index in [0.717, 1.165) is 17.7 Å². The largest absolute Gasteiger partial charge is 0.353 e. The van der Waals surface area contributed by atoms with Crippen LogP contribution in [-0.2, 0) is 11.3 Å². The van der Waals surface area contributed by atoms with E-state index in [1.807, 2.05) is 31.2 Å². The molecule has 2 N–H and O–H groups in total. The number of hydrogen-bond donors (Lipinski definition) is 2. The van der Waals surface area contributed by atoms with Crippen LogP contribution in [0.1, 0.15) is 12.5 Å². The van der Waals surface area contributed by atoms with Gasteiger partial charge in [-0.25, -0.2) is 9.37 Å². The molecule has 29 heavy (non-hydrogen) atoms. The van der Waals surface area contributed by atoms with Crippen molar-refractivity contribution in [2.24, 2.45) is 0 Å². The number of amides is 1. The average molecular weight is 392 g/mol. The van der Waals surface area contributed by atoms with E-state index in [1.165, 1.54) is 18.2 Å². The molecule has 0 spiro atoms. The highest BCUT2D eigenvalue weighted by atomic mass is 19.1. The second-order valence-electron chi connectivity index (χ2n) is 7.12. The predicted octanol–water partition coefficient (Wildman–Crippen LogP) is 2.56. The molecule has 1 amide bonds. The molecule has 1 aliphatic rings. The number of hydrogen-bond acceptors (Lipinski definition) is 4. The van der Waals surface area contributed by atoms with Crippen molar-refractivity contribution >= 4 is 5.91 Å². The fourth-order valence-electron chi connectivity index (χ4n) is 3.46. The summed E-state index contributed by atoms with van der Waals surface area (Å²) in [5.41, 5.74) is 2.68. The fourth-order valence-corrected chi connectivity index (χ4v) is 3.46. The SMILES string of the molecule is CC1C(=O)NCCN1Cc1cccc(-c2nc(-c3ccc(F)cc3)cc(=O)[nH]2)c1. The molecule has 0 aliphatic carbocycles. The number of halogens is 1. The van der Waals surface area contributed by atoms with Gasteiger partial charge in [0.25, 0.3) is 5.56 Å². The summed E-state index contributed by atoms with van der Waals surface area (Å²) in [5, 5.41) is 2.86. The normalized spacial score (nSPS) is 17.2. The van der Waals surface area contributed by atoms with Gasteiger partial charge in [0.1, 0.15) is 11.6 Å². The van der Waals surface area contributed by atoms with Crippen molar-refractivity contribution in [1.29, 1.82) is 0 Å². The maximum absolute atomic E-state index is 13.2. The van der Waals surface area contributed by atoms with Gasteiger partial charge in [-0.05, 0) is 42.8 Å². The summed E-state index contributed by atoms with van der Waals surface area (Å²) in [6.07, 6.45) is 0. The number of carbonyl (C=O) groups excluding carboxylic acids is 1. The number of nitrogens with one attached hydrogen (secondary N) is 2. The summed E-state index contributed by atoms with van der Waals surface area (Å²) in [5.74, 6) is 0.139. The van der Waals surface area contributed by atoms with Crippen molar-refractivity contribution in [1.82, 2.24) is 20.2 Å². The Bertz CT molecular complexity index is 1090. The lowest BCUT2D eigenvalue weighted by molar-refractivity contribution is -0.128. The number of piperazine rings is 1. The summed E-state index contributed by atoms with van der Waals surface area (Å²) in [7, 11) is 0.